The molecule has 0 spiro atoms. The average Bonchev–Trinajstić information content (AvgIpc) is 3.33. The Morgan fingerprint density at radius 2 is 1.19 bits per heavy atom. The smallest absolute Gasteiger partial charge is 0.278 e. The molecule has 9 heterocycles. The van der Waals surface area contributed by atoms with E-state index in [2.05, 4.69) is 36.8 Å². The number of nitrogen functional groups attached to an aromatic ring is 3. The van der Waals surface area contributed by atoms with E-state index in [1.54, 1.807) is 89.0 Å². The molecule has 0 radical (unpaired) electrons. The predicted octanol–water partition coefficient (Wildman–Crippen LogP) is 7.08. The zero-order chi connectivity index (χ0) is 45.2. The number of nitrogens with two attached hydrogens (primary N) is 3. The molecule has 7 N–H and O–H groups in total. The van der Waals surface area contributed by atoms with E-state index in [1.165, 1.54) is 21.9 Å². The molecule has 2 atom stereocenters. The monoisotopic (exact) mass is 999 g/mol. The van der Waals surface area contributed by atoms with Crippen LogP contribution in [0.3, 0.4) is 0 Å². The summed E-state index contributed by atoms with van der Waals surface area (Å²) in [4.78, 5) is 47.8. The molecule has 0 bridgehead atoms. The number of nitrogens with one attached hydrogen (secondary N) is 1. The van der Waals surface area contributed by atoms with Crippen molar-refractivity contribution >= 4 is 54.6 Å². The Hall–Kier alpha value is -5.30. The molecule has 63 heavy (non-hydrogen) atoms. The first kappa shape index (κ1) is 50.3. The quantitative estimate of drug-likeness (QED) is 0.162. The molecule has 16 nitrogen and oxygen atoms in total. The number of hydrogen-bond acceptors (Lipinski definition) is 12. The zero-order valence-corrected chi connectivity index (χ0v) is 38.6. The number of nitrogens with zero attached hydrogens (tertiary/aromatic N) is 3. The molecule has 0 amide bonds. The molecule has 0 aromatic carbocycles. The first-order valence-electron chi connectivity index (χ1n) is 21.0. The molecule has 4 aromatic rings. The van der Waals surface area contributed by atoms with Crippen LogP contribution < -0.4 is 39.4 Å². The summed E-state index contributed by atoms with van der Waals surface area (Å²) in [5, 5.41) is 0. The number of halogens is 2. The van der Waals surface area contributed by atoms with Gasteiger partial charge in [-0.1, -0.05) is 15.9 Å². The standard InChI is InChI=1S/C10H12BrNO2.C10H14N2O2.C10H12N2O2.C5H7BrO.C5H6N2O.C5H8O/c3*11-9-4-1-5-12(10(9)13)8-3-2-6-14-7-8;6-5-2-1-3-7-4-5;6-4-2-1-3-7-5(4)8;1-2-4-6-5-3-1/h1,4-5,8H,2-3,6-7H2;1,4-5,8H,2-3,6-7,11H2;1,4-5,7H,2-3,6,11H2;4H,1-3H2;1-3H,6H2,(H,7,8);2,4H,1,3,5H2. The summed E-state index contributed by atoms with van der Waals surface area (Å²) < 4.78 is 32.5. The van der Waals surface area contributed by atoms with Gasteiger partial charge in [-0.15, -0.1) is 0 Å². The number of rotatable bonds is 3. The van der Waals surface area contributed by atoms with E-state index in [0.717, 1.165) is 90.1 Å². The van der Waals surface area contributed by atoms with Gasteiger partial charge >= 0.3 is 0 Å². The molecule has 5 aliphatic rings. The summed E-state index contributed by atoms with van der Waals surface area (Å²) >= 11 is 6.56. The van der Waals surface area contributed by atoms with Crippen LogP contribution in [0, 0.1) is 0 Å². The van der Waals surface area contributed by atoms with Gasteiger partial charge in [-0.25, -0.2) is 0 Å². The van der Waals surface area contributed by atoms with Crippen molar-refractivity contribution in [3.8, 4) is 0 Å². The van der Waals surface area contributed by atoms with Crippen LogP contribution in [0.2, 0.25) is 0 Å². The Bertz CT molecular complexity index is 2230. The zero-order valence-electron chi connectivity index (χ0n) is 35.4. The van der Waals surface area contributed by atoms with Crippen LogP contribution in [0.1, 0.15) is 76.3 Å². The minimum atomic E-state index is -0.229. The van der Waals surface area contributed by atoms with Crippen LogP contribution in [-0.2, 0) is 23.7 Å². The summed E-state index contributed by atoms with van der Waals surface area (Å²) in [6.45, 7) is 5.40. The lowest BCUT2D eigenvalue weighted by Crippen LogP contribution is -2.31. The fraction of sp³-hybridized carbons (Fsp3) is 0.422. The highest BCUT2D eigenvalue weighted by atomic mass is 79.9. The van der Waals surface area contributed by atoms with Crippen LogP contribution in [0.5, 0.6) is 0 Å². The van der Waals surface area contributed by atoms with E-state index in [0.29, 0.717) is 23.4 Å². The van der Waals surface area contributed by atoms with Gasteiger partial charge in [0.05, 0.1) is 84.9 Å². The molecule has 0 saturated carbocycles. The van der Waals surface area contributed by atoms with Crippen LogP contribution in [0.4, 0.5) is 17.1 Å². The van der Waals surface area contributed by atoms with Crippen LogP contribution in [0.15, 0.2) is 126 Å². The Morgan fingerprint density at radius 3 is 1.65 bits per heavy atom. The van der Waals surface area contributed by atoms with Gasteiger partial charge in [-0.2, -0.15) is 0 Å². The molecule has 0 aliphatic carbocycles. The van der Waals surface area contributed by atoms with Crippen molar-refractivity contribution in [2.24, 2.45) is 0 Å². The van der Waals surface area contributed by atoms with E-state index < -0.39 is 0 Å². The third kappa shape index (κ3) is 17.8. The molecule has 2 fully saturated rings. The Labute approximate surface area is 383 Å². The number of ether oxygens (including phenoxy) is 5. The number of pyridine rings is 4. The van der Waals surface area contributed by atoms with Crippen molar-refractivity contribution in [3.05, 3.63) is 149 Å². The van der Waals surface area contributed by atoms with Gasteiger partial charge in [-0.05, 0) is 135 Å². The van der Waals surface area contributed by atoms with Gasteiger partial charge in [0.15, 0.2) is 0 Å². The predicted molar refractivity (Wildman–Crippen MR) is 254 cm³/mol. The van der Waals surface area contributed by atoms with Crippen molar-refractivity contribution in [1.82, 2.24) is 18.7 Å². The number of H-pyrrole nitrogens is 1. The third-order valence-corrected chi connectivity index (χ3v) is 10.9. The largest absolute Gasteiger partial charge is 0.502 e. The van der Waals surface area contributed by atoms with Gasteiger partial charge in [0.25, 0.3) is 22.2 Å². The summed E-state index contributed by atoms with van der Waals surface area (Å²) in [5.74, 6) is 0. The highest BCUT2D eigenvalue weighted by molar-refractivity contribution is 9.11. The lowest BCUT2D eigenvalue weighted by Gasteiger charge is -2.24. The average molecular weight is 1000 g/mol. The van der Waals surface area contributed by atoms with Crippen molar-refractivity contribution in [2.45, 2.75) is 76.3 Å². The van der Waals surface area contributed by atoms with Crippen molar-refractivity contribution in [2.75, 3.05) is 63.4 Å². The number of hydrogen-bond donors (Lipinski definition) is 4. The van der Waals surface area contributed by atoms with Gasteiger partial charge in [0, 0.05) is 42.5 Å². The number of allylic oxidation sites excluding steroid dienone is 3. The van der Waals surface area contributed by atoms with Gasteiger partial charge < -0.3 is 55.0 Å². The maximum atomic E-state index is 11.7. The lowest BCUT2D eigenvalue weighted by molar-refractivity contribution is 0.0579. The number of aromatic nitrogens is 4. The molecule has 9 rings (SSSR count). The molecular weight excluding hydrogens is 942 g/mol. The van der Waals surface area contributed by atoms with Gasteiger partial charge in [0.2, 0.25) is 0 Å². The minimum absolute atomic E-state index is 0.0306. The van der Waals surface area contributed by atoms with E-state index in [-0.39, 0.29) is 45.7 Å². The SMILES string of the molecule is BrC1=COCCC1.C1=COCCC1.Nc1ccc[nH]c1=O.Nc1cccn(C2=COCCC2)c1=O.Nc1cccn(C2CCCOC2)c1=O.O=c1c(Br)cccn1C1CCCOC1. The second kappa shape index (κ2) is 28.4. The molecule has 5 aliphatic heterocycles. The van der Waals surface area contributed by atoms with E-state index in [9.17, 15) is 19.2 Å². The maximum absolute atomic E-state index is 11.7. The number of anilines is 3. The topological polar surface area (TPSA) is 223 Å². The summed E-state index contributed by atoms with van der Waals surface area (Å²) in [6.07, 6.45) is 24.6. The molecule has 342 valence electrons. The Morgan fingerprint density at radius 1 is 0.603 bits per heavy atom. The van der Waals surface area contributed by atoms with Crippen LogP contribution >= 0.6 is 31.9 Å². The lowest BCUT2D eigenvalue weighted by atomic mass is 10.1. The maximum Gasteiger partial charge on any atom is 0.278 e. The summed E-state index contributed by atoms with van der Waals surface area (Å²) in [7, 11) is 0. The summed E-state index contributed by atoms with van der Waals surface area (Å²) in [6, 6.07) is 14.0. The first-order valence-corrected chi connectivity index (χ1v) is 22.6. The highest BCUT2D eigenvalue weighted by Gasteiger charge is 2.18. The fourth-order valence-corrected chi connectivity index (χ4v) is 7.16. The molecular formula is C45H59Br2N7O9. The minimum Gasteiger partial charge on any atom is -0.502 e. The van der Waals surface area contributed by atoms with E-state index >= 15 is 0 Å². The van der Waals surface area contributed by atoms with Crippen molar-refractivity contribution < 1.29 is 23.7 Å². The van der Waals surface area contributed by atoms with Gasteiger partial charge in [0.1, 0.15) is 6.26 Å². The Kier molecular flexibility index (Phi) is 22.7. The Balaban J connectivity index is 0.000000171. The van der Waals surface area contributed by atoms with E-state index in [1.807, 2.05) is 18.3 Å². The second-order valence-electron chi connectivity index (χ2n) is 14.6. The first-order chi connectivity index (χ1) is 30.6. The molecule has 2 unspecified atom stereocenters. The highest BCUT2D eigenvalue weighted by Crippen LogP contribution is 2.20. The fourth-order valence-electron chi connectivity index (χ4n) is 6.39. The summed E-state index contributed by atoms with van der Waals surface area (Å²) in [5.41, 5.74) is 17.5. The van der Waals surface area contributed by atoms with E-state index in [4.69, 9.17) is 40.9 Å². The van der Waals surface area contributed by atoms with Gasteiger partial charge in [-0.3, -0.25) is 23.7 Å². The van der Waals surface area contributed by atoms with Crippen molar-refractivity contribution in [3.63, 3.8) is 0 Å². The second-order valence-corrected chi connectivity index (χ2v) is 16.5. The van der Waals surface area contributed by atoms with Crippen LogP contribution in [0.25, 0.3) is 5.70 Å². The normalized spacial score (nSPS) is 18.7. The molecule has 18 heteroatoms. The van der Waals surface area contributed by atoms with Crippen molar-refractivity contribution in [1.29, 1.82) is 0 Å². The van der Waals surface area contributed by atoms with Crippen LogP contribution in [-0.4, -0.2) is 64.9 Å². The molecule has 4 aromatic heterocycles. The molecule has 2 saturated heterocycles. The third-order valence-electron chi connectivity index (χ3n) is 9.75. The number of aromatic amines is 1.